The molecular formula is C13H22N2O2. The van der Waals surface area contributed by atoms with Gasteiger partial charge in [-0.15, -0.1) is 0 Å². The van der Waals surface area contributed by atoms with Gasteiger partial charge in [-0.25, -0.2) is 0 Å². The molecule has 1 N–H and O–H groups in total. The molecule has 0 bridgehead atoms. The van der Waals surface area contributed by atoms with Crippen molar-refractivity contribution in [3.8, 4) is 0 Å². The molecule has 1 aliphatic heterocycles. The Bertz CT molecular complexity index is 291. The van der Waals surface area contributed by atoms with Gasteiger partial charge in [-0.3, -0.25) is 14.5 Å². The smallest absolute Gasteiger partial charge is 0.207 e. The summed E-state index contributed by atoms with van der Waals surface area (Å²) in [5, 5.41) is 2.67. The summed E-state index contributed by atoms with van der Waals surface area (Å²) in [7, 11) is 0. The maximum atomic E-state index is 11.9. The number of carbonyl (C=O) groups excluding carboxylic acids is 2. The molecule has 2 aliphatic rings. The van der Waals surface area contributed by atoms with Crippen LogP contribution in [0.4, 0.5) is 0 Å². The first-order valence-electron chi connectivity index (χ1n) is 6.72. The Kier molecular flexibility index (Phi) is 4.15. The van der Waals surface area contributed by atoms with Crippen molar-refractivity contribution >= 4 is 12.2 Å². The van der Waals surface area contributed by atoms with E-state index in [4.69, 9.17) is 0 Å². The van der Waals surface area contributed by atoms with E-state index < -0.39 is 0 Å². The molecular weight excluding hydrogens is 216 g/mol. The second-order valence-electron chi connectivity index (χ2n) is 5.25. The van der Waals surface area contributed by atoms with Crippen molar-refractivity contribution in [3.05, 3.63) is 0 Å². The molecule has 2 rings (SSSR count). The van der Waals surface area contributed by atoms with E-state index in [1.165, 1.54) is 12.8 Å². The van der Waals surface area contributed by atoms with E-state index >= 15 is 0 Å². The number of fused-ring (bicyclic) bond motifs is 1. The molecule has 0 aromatic carbocycles. The SMILES string of the molecule is CCCN1CCC[C@H]2CC(NC=O)C(=O)C[C@@H]21. The van der Waals surface area contributed by atoms with Crippen molar-refractivity contribution in [3.63, 3.8) is 0 Å². The maximum Gasteiger partial charge on any atom is 0.207 e. The van der Waals surface area contributed by atoms with Crippen LogP contribution in [-0.2, 0) is 9.59 Å². The van der Waals surface area contributed by atoms with Gasteiger partial charge in [0.15, 0.2) is 5.78 Å². The summed E-state index contributed by atoms with van der Waals surface area (Å²) < 4.78 is 0. The Morgan fingerprint density at radius 3 is 3.06 bits per heavy atom. The van der Waals surface area contributed by atoms with Crippen LogP contribution in [0.1, 0.15) is 39.0 Å². The number of piperidine rings is 1. The van der Waals surface area contributed by atoms with E-state index in [-0.39, 0.29) is 11.8 Å². The number of hydrogen-bond donors (Lipinski definition) is 1. The van der Waals surface area contributed by atoms with Gasteiger partial charge < -0.3 is 5.32 Å². The average Bonchev–Trinajstić information content (AvgIpc) is 2.32. The number of likely N-dealkylation sites (tertiary alicyclic amines) is 1. The van der Waals surface area contributed by atoms with Gasteiger partial charge in [0.1, 0.15) is 0 Å². The molecule has 3 atom stereocenters. The highest BCUT2D eigenvalue weighted by Crippen LogP contribution is 2.34. The van der Waals surface area contributed by atoms with E-state index in [1.807, 2.05) is 0 Å². The second kappa shape index (κ2) is 5.63. The van der Waals surface area contributed by atoms with Crippen LogP contribution in [0.25, 0.3) is 0 Å². The molecule has 0 radical (unpaired) electrons. The lowest BCUT2D eigenvalue weighted by Crippen LogP contribution is -2.54. The lowest BCUT2D eigenvalue weighted by atomic mass is 9.75. The first kappa shape index (κ1) is 12.6. The van der Waals surface area contributed by atoms with Crippen LogP contribution in [0.3, 0.4) is 0 Å². The minimum absolute atomic E-state index is 0.210. The normalized spacial score (nSPS) is 34.2. The lowest BCUT2D eigenvalue weighted by molar-refractivity contribution is -0.129. The number of amides is 1. The Balaban J connectivity index is 2.02. The Hall–Kier alpha value is -0.900. The quantitative estimate of drug-likeness (QED) is 0.742. The van der Waals surface area contributed by atoms with E-state index in [0.29, 0.717) is 24.8 Å². The van der Waals surface area contributed by atoms with Crippen LogP contribution in [0, 0.1) is 5.92 Å². The number of ketones is 1. The van der Waals surface area contributed by atoms with E-state index in [1.54, 1.807) is 0 Å². The Morgan fingerprint density at radius 1 is 1.53 bits per heavy atom. The molecule has 1 saturated heterocycles. The number of Topliss-reactive ketones (excluding diaryl/α,β-unsaturated/α-hetero) is 1. The van der Waals surface area contributed by atoms with Gasteiger partial charge in [0.05, 0.1) is 6.04 Å². The highest BCUT2D eigenvalue weighted by Gasteiger charge is 2.40. The third-order valence-electron chi connectivity index (χ3n) is 4.15. The highest BCUT2D eigenvalue weighted by atomic mass is 16.1. The number of nitrogens with zero attached hydrogens (tertiary/aromatic N) is 1. The lowest BCUT2D eigenvalue weighted by Gasteiger charge is -2.45. The first-order valence-corrected chi connectivity index (χ1v) is 6.72. The van der Waals surface area contributed by atoms with Crippen molar-refractivity contribution in [1.29, 1.82) is 0 Å². The summed E-state index contributed by atoms with van der Waals surface area (Å²) in [5.41, 5.74) is 0. The molecule has 0 aromatic heterocycles. The van der Waals surface area contributed by atoms with E-state index in [0.717, 1.165) is 25.9 Å². The van der Waals surface area contributed by atoms with Crippen molar-refractivity contribution in [1.82, 2.24) is 10.2 Å². The van der Waals surface area contributed by atoms with Gasteiger partial charge >= 0.3 is 0 Å². The average molecular weight is 238 g/mol. The van der Waals surface area contributed by atoms with E-state index in [2.05, 4.69) is 17.1 Å². The maximum absolute atomic E-state index is 11.9. The van der Waals surface area contributed by atoms with Gasteiger partial charge in [-0.1, -0.05) is 6.92 Å². The van der Waals surface area contributed by atoms with Crippen LogP contribution in [0.5, 0.6) is 0 Å². The topological polar surface area (TPSA) is 49.4 Å². The van der Waals surface area contributed by atoms with Gasteiger partial charge in [-0.2, -0.15) is 0 Å². The van der Waals surface area contributed by atoms with Crippen molar-refractivity contribution in [2.45, 2.75) is 51.1 Å². The number of rotatable bonds is 4. The molecule has 1 amide bonds. The van der Waals surface area contributed by atoms with Crippen molar-refractivity contribution in [2.24, 2.45) is 5.92 Å². The number of nitrogens with one attached hydrogen (secondary N) is 1. The molecule has 1 saturated carbocycles. The molecule has 1 aliphatic carbocycles. The van der Waals surface area contributed by atoms with Gasteiger partial charge in [0.25, 0.3) is 0 Å². The zero-order chi connectivity index (χ0) is 12.3. The summed E-state index contributed by atoms with van der Waals surface area (Å²) in [5.74, 6) is 0.798. The van der Waals surface area contributed by atoms with Crippen LogP contribution in [-0.4, -0.2) is 42.3 Å². The summed E-state index contributed by atoms with van der Waals surface area (Å²) in [6.45, 7) is 4.42. The number of hydrogen-bond acceptors (Lipinski definition) is 3. The van der Waals surface area contributed by atoms with Crippen LogP contribution >= 0.6 is 0 Å². The van der Waals surface area contributed by atoms with Crippen molar-refractivity contribution < 1.29 is 9.59 Å². The zero-order valence-electron chi connectivity index (χ0n) is 10.5. The van der Waals surface area contributed by atoms with Gasteiger partial charge in [-0.05, 0) is 44.7 Å². The van der Waals surface area contributed by atoms with E-state index in [9.17, 15) is 9.59 Å². The first-order chi connectivity index (χ1) is 8.26. The second-order valence-corrected chi connectivity index (χ2v) is 5.25. The van der Waals surface area contributed by atoms with Crippen LogP contribution < -0.4 is 5.32 Å². The molecule has 4 nitrogen and oxygen atoms in total. The predicted octanol–water partition coefficient (Wildman–Crippen LogP) is 0.954. The largest absolute Gasteiger partial charge is 0.349 e. The minimum Gasteiger partial charge on any atom is -0.349 e. The van der Waals surface area contributed by atoms with Gasteiger partial charge in [0.2, 0.25) is 6.41 Å². The Morgan fingerprint density at radius 2 is 2.35 bits per heavy atom. The third kappa shape index (κ3) is 2.68. The van der Waals surface area contributed by atoms with Crippen molar-refractivity contribution in [2.75, 3.05) is 13.1 Å². The minimum atomic E-state index is -0.227. The fourth-order valence-corrected chi connectivity index (χ4v) is 3.37. The summed E-state index contributed by atoms with van der Waals surface area (Å²) >= 11 is 0. The molecule has 1 unspecified atom stereocenters. The van der Waals surface area contributed by atoms with Crippen LogP contribution in [0.15, 0.2) is 0 Å². The standard InChI is InChI=1S/C13H22N2O2/c1-2-5-15-6-3-4-10-7-11(14-9-16)13(17)8-12(10)15/h9-12H,2-8H2,1H3,(H,14,16)/t10-,11?,12-/m0/s1. The van der Waals surface area contributed by atoms with Crippen LogP contribution in [0.2, 0.25) is 0 Å². The molecule has 17 heavy (non-hydrogen) atoms. The monoisotopic (exact) mass is 238 g/mol. The third-order valence-corrected chi connectivity index (χ3v) is 4.15. The number of carbonyl (C=O) groups is 2. The zero-order valence-corrected chi connectivity index (χ0v) is 10.5. The highest BCUT2D eigenvalue weighted by molar-refractivity contribution is 5.87. The fourth-order valence-electron chi connectivity index (χ4n) is 3.37. The summed E-state index contributed by atoms with van der Waals surface area (Å²) in [6, 6.07) is 0.205. The Labute approximate surface area is 103 Å². The summed E-state index contributed by atoms with van der Waals surface area (Å²) in [4.78, 5) is 24.9. The molecule has 2 fully saturated rings. The molecule has 4 heteroatoms. The molecule has 0 aromatic rings. The molecule has 0 spiro atoms. The van der Waals surface area contributed by atoms with Gasteiger partial charge in [0, 0.05) is 12.5 Å². The summed E-state index contributed by atoms with van der Waals surface area (Å²) in [6.07, 6.45) is 5.69. The fraction of sp³-hybridized carbons (Fsp3) is 0.846. The molecule has 96 valence electrons. The molecule has 1 heterocycles. The predicted molar refractivity (Wildman–Crippen MR) is 65.6 cm³/mol.